The van der Waals surface area contributed by atoms with Crippen LogP contribution in [-0.4, -0.2) is 31.9 Å². The van der Waals surface area contributed by atoms with E-state index in [2.05, 4.69) is 22.3 Å². The molecule has 0 bridgehead atoms. The van der Waals surface area contributed by atoms with Crippen LogP contribution >= 0.6 is 0 Å². The van der Waals surface area contributed by atoms with Gasteiger partial charge in [-0.05, 0) is 24.5 Å². The Morgan fingerprint density at radius 3 is 2.63 bits per heavy atom. The molecule has 2 N–H and O–H groups in total. The molecule has 0 spiro atoms. The molecule has 0 aromatic heterocycles. The van der Waals surface area contributed by atoms with Gasteiger partial charge in [-0.15, -0.1) is 0 Å². The van der Waals surface area contributed by atoms with Crippen LogP contribution in [0.3, 0.4) is 0 Å². The zero-order valence-corrected chi connectivity index (χ0v) is 12.1. The van der Waals surface area contributed by atoms with Gasteiger partial charge < -0.3 is 15.3 Å². The molecule has 19 heavy (non-hydrogen) atoms. The lowest BCUT2D eigenvalue weighted by atomic mass is 10.00. The summed E-state index contributed by atoms with van der Waals surface area (Å²) < 4.78 is 0. The Labute approximate surface area is 116 Å². The number of rotatable bonds is 6. The molecule has 106 valence electrons. The second-order valence-corrected chi connectivity index (χ2v) is 5.83. The summed E-state index contributed by atoms with van der Waals surface area (Å²) in [6.45, 7) is 0.640. The molecule has 0 amide bonds. The van der Waals surface area contributed by atoms with E-state index in [9.17, 15) is 5.11 Å². The van der Waals surface area contributed by atoms with Crippen molar-refractivity contribution in [2.45, 2.75) is 38.2 Å². The van der Waals surface area contributed by atoms with Gasteiger partial charge in [0.2, 0.25) is 0 Å². The van der Waals surface area contributed by atoms with Gasteiger partial charge in [-0.25, -0.2) is 0 Å². The van der Waals surface area contributed by atoms with Crippen molar-refractivity contribution in [2.24, 2.45) is 5.92 Å². The van der Waals surface area contributed by atoms with Crippen molar-refractivity contribution in [3.05, 3.63) is 24.3 Å². The Bertz CT molecular complexity index is 386. The number of nitrogens with one attached hydrogen (secondary N) is 1. The fourth-order valence-electron chi connectivity index (χ4n) is 2.96. The Hall–Kier alpha value is -1.22. The molecular weight excluding hydrogens is 236 g/mol. The van der Waals surface area contributed by atoms with E-state index in [0.717, 1.165) is 23.7 Å². The second-order valence-electron chi connectivity index (χ2n) is 5.83. The van der Waals surface area contributed by atoms with E-state index in [0.29, 0.717) is 6.54 Å². The van der Waals surface area contributed by atoms with Crippen molar-refractivity contribution in [3.63, 3.8) is 0 Å². The van der Waals surface area contributed by atoms with Gasteiger partial charge in [-0.3, -0.25) is 0 Å². The van der Waals surface area contributed by atoms with Gasteiger partial charge in [0.15, 0.2) is 0 Å². The maximum Gasteiger partial charge on any atom is 0.0715 e. The van der Waals surface area contributed by atoms with Gasteiger partial charge in [0.1, 0.15) is 0 Å². The third kappa shape index (κ3) is 4.13. The lowest BCUT2D eigenvalue weighted by Crippen LogP contribution is -2.23. The predicted molar refractivity (Wildman–Crippen MR) is 81.8 cm³/mol. The molecule has 0 heterocycles. The Morgan fingerprint density at radius 1 is 1.26 bits per heavy atom. The average molecular weight is 262 g/mol. The maximum atomic E-state index is 10.1. The van der Waals surface area contributed by atoms with E-state index in [1.807, 2.05) is 26.2 Å². The van der Waals surface area contributed by atoms with Crippen LogP contribution in [0.25, 0.3) is 0 Å². The summed E-state index contributed by atoms with van der Waals surface area (Å²) in [6, 6.07) is 8.22. The highest BCUT2D eigenvalue weighted by atomic mass is 16.3. The van der Waals surface area contributed by atoms with Gasteiger partial charge in [0.05, 0.1) is 17.5 Å². The van der Waals surface area contributed by atoms with Crippen molar-refractivity contribution in [1.82, 2.24) is 0 Å². The first kappa shape index (κ1) is 14.2. The minimum atomic E-state index is -0.238. The first-order valence-corrected chi connectivity index (χ1v) is 7.35. The van der Waals surface area contributed by atoms with Crippen LogP contribution < -0.4 is 10.2 Å². The van der Waals surface area contributed by atoms with Crippen LogP contribution in [0.5, 0.6) is 0 Å². The normalized spacial score (nSPS) is 17.4. The first-order chi connectivity index (χ1) is 9.16. The third-order valence-corrected chi connectivity index (χ3v) is 3.99. The molecule has 0 saturated heterocycles. The molecule has 1 aliphatic rings. The number of aliphatic hydroxyl groups excluding tert-OH is 1. The van der Waals surface area contributed by atoms with Crippen LogP contribution in [0.15, 0.2) is 24.3 Å². The molecular formula is C16H26N2O. The standard InChI is InChI=1S/C16H26N2O/c1-18(2)16-10-6-5-9-15(16)17-12-14(19)11-13-7-3-4-8-13/h5-6,9-10,13-14,17,19H,3-4,7-8,11-12H2,1-2H3. The van der Waals surface area contributed by atoms with Crippen LogP contribution in [-0.2, 0) is 0 Å². The van der Waals surface area contributed by atoms with Gasteiger partial charge >= 0.3 is 0 Å². The van der Waals surface area contributed by atoms with Crippen LogP contribution in [0, 0.1) is 5.92 Å². The highest BCUT2D eigenvalue weighted by molar-refractivity contribution is 5.69. The molecule has 1 aromatic carbocycles. The minimum absolute atomic E-state index is 0.238. The molecule has 0 aliphatic heterocycles. The van der Waals surface area contributed by atoms with Gasteiger partial charge in [-0.1, -0.05) is 37.8 Å². The van der Waals surface area contributed by atoms with E-state index in [1.165, 1.54) is 25.7 Å². The van der Waals surface area contributed by atoms with Gasteiger partial charge in [0.25, 0.3) is 0 Å². The number of nitrogens with zero attached hydrogens (tertiary/aromatic N) is 1. The fourth-order valence-corrected chi connectivity index (χ4v) is 2.96. The molecule has 1 fully saturated rings. The molecule has 1 unspecified atom stereocenters. The largest absolute Gasteiger partial charge is 0.391 e. The smallest absolute Gasteiger partial charge is 0.0715 e. The zero-order chi connectivity index (χ0) is 13.7. The monoisotopic (exact) mass is 262 g/mol. The summed E-state index contributed by atoms with van der Waals surface area (Å²) in [5.74, 6) is 0.737. The molecule has 2 rings (SSSR count). The molecule has 1 atom stereocenters. The number of anilines is 2. The Kier molecular flexibility index (Phi) is 5.08. The Morgan fingerprint density at radius 2 is 1.95 bits per heavy atom. The summed E-state index contributed by atoms with van der Waals surface area (Å²) in [5.41, 5.74) is 2.26. The number of benzene rings is 1. The third-order valence-electron chi connectivity index (χ3n) is 3.99. The first-order valence-electron chi connectivity index (χ1n) is 7.35. The van der Waals surface area contributed by atoms with Crippen LogP contribution in [0.1, 0.15) is 32.1 Å². The van der Waals surface area contributed by atoms with E-state index >= 15 is 0 Å². The maximum absolute atomic E-state index is 10.1. The van der Waals surface area contributed by atoms with E-state index in [-0.39, 0.29) is 6.10 Å². The lowest BCUT2D eigenvalue weighted by molar-refractivity contribution is 0.155. The van der Waals surface area contributed by atoms with Gasteiger partial charge in [-0.2, -0.15) is 0 Å². The number of aliphatic hydroxyl groups is 1. The summed E-state index contributed by atoms with van der Waals surface area (Å²) in [4.78, 5) is 2.09. The summed E-state index contributed by atoms with van der Waals surface area (Å²) in [6.07, 6.45) is 5.98. The quantitative estimate of drug-likeness (QED) is 0.827. The average Bonchev–Trinajstić information content (AvgIpc) is 2.89. The second kappa shape index (κ2) is 6.80. The number of hydrogen-bond donors (Lipinski definition) is 2. The number of hydrogen-bond acceptors (Lipinski definition) is 3. The zero-order valence-electron chi connectivity index (χ0n) is 12.1. The lowest BCUT2D eigenvalue weighted by Gasteiger charge is -2.21. The summed E-state index contributed by atoms with van der Waals surface area (Å²) in [5, 5.41) is 13.5. The topological polar surface area (TPSA) is 35.5 Å². The van der Waals surface area contributed by atoms with E-state index < -0.39 is 0 Å². The highest BCUT2D eigenvalue weighted by Gasteiger charge is 2.18. The van der Waals surface area contributed by atoms with Crippen LogP contribution in [0.4, 0.5) is 11.4 Å². The predicted octanol–water partition coefficient (Wildman–Crippen LogP) is 3.11. The van der Waals surface area contributed by atoms with Crippen molar-refractivity contribution < 1.29 is 5.11 Å². The molecule has 1 aliphatic carbocycles. The molecule has 1 saturated carbocycles. The highest BCUT2D eigenvalue weighted by Crippen LogP contribution is 2.29. The molecule has 1 aromatic rings. The van der Waals surface area contributed by atoms with Crippen LogP contribution in [0.2, 0.25) is 0 Å². The van der Waals surface area contributed by atoms with E-state index in [1.54, 1.807) is 0 Å². The SMILES string of the molecule is CN(C)c1ccccc1NCC(O)CC1CCCC1. The minimum Gasteiger partial charge on any atom is -0.391 e. The van der Waals surface area contributed by atoms with Crippen molar-refractivity contribution in [2.75, 3.05) is 30.9 Å². The van der Waals surface area contributed by atoms with Crippen molar-refractivity contribution in [1.29, 1.82) is 0 Å². The van der Waals surface area contributed by atoms with Gasteiger partial charge in [0, 0.05) is 20.6 Å². The van der Waals surface area contributed by atoms with E-state index in [4.69, 9.17) is 0 Å². The molecule has 3 nitrogen and oxygen atoms in total. The number of para-hydroxylation sites is 2. The summed E-state index contributed by atoms with van der Waals surface area (Å²) in [7, 11) is 4.07. The van der Waals surface area contributed by atoms with Crippen molar-refractivity contribution in [3.8, 4) is 0 Å². The molecule has 3 heteroatoms. The van der Waals surface area contributed by atoms with Crippen molar-refractivity contribution >= 4 is 11.4 Å². The Balaban J connectivity index is 1.84. The molecule has 0 radical (unpaired) electrons. The fraction of sp³-hybridized carbons (Fsp3) is 0.625. The summed E-state index contributed by atoms with van der Waals surface area (Å²) >= 11 is 0.